The van der Waals surface area contributed by atoms with Gasteiger partial charge in [0.2, 0.25) is 5.88 Å². The van der Waals surface area contributed by atoms with E-state index in [-0.39, 0.29) is 12.4 Å². The number of rotatable bonds is 7. The Bertz CT molecular complexity index is 670. The second kappa shape index (κ2) is 7.32. The third-order valence-electron chi connectivity index (χ3n) is 4.19. The summed E-state index contributed by atoms with van der Waals surface area (Å²) in [4.78, 5) is 0. The van der Waals surface area contributed by atoms with Gasteiger partial charge in [-0.15, -0.1) is 0 Å². The van der Waals surface area contributed by atoms with E-state index >= 15 is 0 Å². The smallest absolute Gasteiger partial charge is 0.212 e. The molecule has 0 atom stereocenters. The lowest BCUT2D eigenvalue weighted by molar-refractivity contribution is 0.224. The first-order chi connectivity index (χ1) is 11.2. The number of nitrogens with one attached hydrogen (secondary N) is 1. The molecule has 0 spiro atoms. The first kappa shape index (κ1) is 16.3. The van der Waals surface area contributed by atoms with Gasteiger partial charge in [0.05, 0.1) is 5.69 Å². The molecule has 0 amide bonds. The maximum Gasteiger partial charge on any atom is 0.212 e. The van der Waals surface area contributed by atoms with Gasteiger partial charge in [-0.2, -0.15) is 5.10 Å². The van der Waals surface area contributed by atoms with Crippen LogP contribution in [-0.4, -0.2) is 16.8 Å². The number of hydrogen-bond donors (Lipinski definition) is 1. The van der Waals surface area contributed by atoms with Crippen molar-refractivity contribution in [3.63, 3.8) is 0 Å². The topological polar surface area (TPSA) is 39.1 Å². The van der Waals surface area contributed by atoms with Crippen molar-refractivity contribution >= 4 is 11.6 Å². The van der Waals surface area contributed by atoms with Crippen molar-refractivity contribution in [3.05, 3.63) is 46.4 Å². The largest absolute Gasteiger partial charge is 0.473 e. The van der Waals surface area contributed by atoms with Crippen LogP contribution in [0.5, 0.6) is 5.88 Å². The molecule has 0 bridgehead atoms. The molecule has 0 unspecified atom stereocenters. The molecule has 124 valence electrons. The molecule has 4 nitrogen and oxygen atoms in total. The van der Waals surface area contributed by atoms with E-state index in [1.807, 2.05) is 17.8 Å². The van der Waals surface area contributed by atoms with E-state index in [1.54, 1.807) is 6.07 Å². The van der Waals surface area contributed by atoms with Gasteiger partial charge in [-0.25, -0.2) is 9.07 Å². The van der Waals surface area contributed by atoms with E-state index in [1.165, 1.54) is 31.4 Å². The molecule has 1 saturated carbocycles. The van der Waals surface area contributed by atoms with Gasteiger partial charge in [-0.1, -0.05) is 18.0 Å². The molecule has 0 aliphatic heterocycles. The molecule has 2 aromatic rings. The first-order valence-corrected chi connectivity index (χ1v) is 8.31. The maximum atomic E-state index is 13.8. The van der Waals surface area contributed by atoms with Gasteiger partial charge in [0, 0.05) is 29.7 Å². The summed E-state index contributed by atoms with van der Waals surface area (Å²) in [5, 5.41) is 8.17. The summed E-state index contributed by atoms with van der Waals surface area (Å²) in [5.74, 6) is 1.04. The summed E-state index contributed by atoms with van der Waals surface area (Å²) < 4.78 is 21.5. The van der Waals surface area contributed by atoms with Crippen molar-refractivity contribution in [2.24, 2.45) is 5.92 Å². The Morgan fingerprint density at radius 2 is 2.22 bits per heavy atom. The minimum absolute atomic E-state index is 0.141. The predicted octanol–water partition coefficient (Wildman–Crippen LogP) is 3.77. The molecule has 6 heteroatoms. The van der Waals surface area contributed by atoms with Crippen molar-refractivity contribution in [2.45, 2.75) is 39.0 Å². The highest BCUT2D eigenvalue weighted by Crippen LogP contribution is 2.29. The summed E-state index contributed by atoms with van der Waals surface area (Å²) in [6.07, 6.45) is 3.77. The molecular weight excluding hydrogens is 317 g/mol. The van der Waals surface area contributed by atoms with E-state index in [9.17, 15) is 4.39 Å². The summed E-state index contributed by atoms with van der Waals surface area (Å²) in [6, 6.07) is 6.40. The monoisotopic (exact) mass is 337 g/mol. The summed E-state index contributed by atoms with van der Waals surface area (Å²) in [5.41, 5.74) is 1.37. The van der Waals surface area contributed by atoms with Crippen molar-refractivity contribution < 1.29 is 9.13 Å². The summed E-state index contributed by atoms with van der Waals surface area (Å²) in [6.45, 7) is 1.68. The van der Waals surface area contributed by atoms with Crippen LogP contribution in [-0.2, 0) is 19.7 Å². The average molecular weight is 338 g/mol. The Morgan fingerprint density at radius 1 is 1.39 bits per heavy atom. The second-order valence-corrected chi connectivity index (χ2v) is 6.44. The lowest BCUT2D eigenvalue weighted by Crippen LogP contribution is -2.20. The molecule has 3 rings (SSSR count). The third kappa shape index (κ3) is 4.03. The zero-order valence-corrected chi connectivity index (χ0v) is 13.9. The Kier molecular flexibility index (Phi) is 5.18. The lowest BCUT2D eigenvalue weighted by Gasteiger charge is -2.25. The van der Waals surface area contributed by atoms with Gasteiger partial charge < -0.3 is 10.1 Å². The molecule has 0 saturated heterocycles. The molecule has 1 aliphatic rings. The van der Waals surface area contributed by atoms with Gasteiger partial charge in [-0.3, -0.25) is 0 Å². The normalized spacial score (nSPS) is 14.7. The Balaban J connectivity index is 1.73. The summed E-state index contributed by atoms with van der Waals surface area (Å²) in [7, 11) is 1.88. The summed E-state index contributed by atoms with van der Waals surface area (Å²) >= 11 is 5.92. The number of halogens is 2. The molecule has 1 N–H and O–H groups in total. The molecular formula is C17H21ClFN3O. The van der Waals surface area contributed by atoms with Crippen LogP contribution in [0.2, 0.25) is 5.02 Å². The maximum absolute atomic E-state index is 13.8. The van der Waals surface area contributed by atoms with Gasteiger partial charge >= 0.3 is 0 Å². The van der Waals surface area contributed by atoms with E-state index in [2.05, 4.69) is 10.4 Å². The fourth-order valence-corrected chi connectivity index (χ4v) is 2.88. The minimum Gasteiger partial charge on any atom is -0.473 e. The number of nitrogens with zero attached hydrogens (tertiary/aromatic N) is 2. The fourth-order valence-electron chi connectivity index (χ4n) is 2.69. The standard InChI is InChI=1S/C17H21ClFN3O/c1-20-9-15-8-17(22(21-15)10-12-3-2-4-12)23-11-13-7-14(18)5-6-16(13)19/h5-8,12,20H,2-4,9-11H2,1H3. The Morgan fingerprint density at radius 3 is 2.91 bits per heavy atom. The van der Waals surface area contributed by atoms with Gasteiger partial charge in [0.15, 0.2) is 0 Å². The quantitative estimate of drug-likeness (QED) is 0.835. The molecule has 1 aromatic carbocycles. The molecule has 1 fully saturated rings. The number of ether oxygens (including phenoxy) is 1. The van der Waals surface area contributed by atoms with E-state index in [0.717, 1.165) is 12.2 Å². The average Bonchev–Trinajstić information content (AvgIpc) is 2.86. The second-order valence-electron chi connectivity index (χ2n) is 6.01. The van der Waals surface area contributed by atoms with Crippen molar-refractivity contribution in [2.75, 3.05) is 7.05 Å². The van der Waals surface area contributed by atoms with E-state index in [0.29, 0.717) is 28.9 Å². The molecule has 1 aromatic heterocycles. The Hall–Kier alpha value is -1.59. The highest BCUT2D eigenvalue weighted by molar-refractivity contribution is 6.30. The van der Waals surface area contributed by atoms with Crippen molar-refractivity contribution in [1.82, 2.24) is 15.1 Å². The number of aromatic nitrogens is 2. The van der Waals surface area contributed by atoms with Gasteiger partial charge in [0.25, 0.3) is 0 Å². The zero-order chi connectivity index (χ0) is 16.2. The number of benzene rings is 1. The van der Waals surface area contributed by atoms with Crippen LogP contribution in [0.15, 0.2) is 24.3 Å². The van der Waals surface area contributed by atoms with E-state index < -0.39 is 0 Å². The minimum atomic E-state index is -0.310. The van der Waals surface area contributed by atoms with E-state index in [4.69, 9.17) is 16.3 Å². The van der Waals surface area contributed by atoms with Gasteiger partial charge in [-0.05, 0) is 44.0 Å². The Labute approximate surface area is 140 Å². The molecule has 23 heavy (non-hydrogen) atoms. The van der Waals surface area contributed by atoms with Gasteiger partial charge in [0.1, 0.15) is 12.4 Å². The molecule has 0 radical (unpaired) electrons. The highest BCUT2D eigenvalue weighted by Gasteiger charge is 2.20. The number of hydrogen-bond acceptors (Lipinski definition) is 3. The first-order valence-electron chi connectivity index (χ1n) is 7.93. The van der Waals surface area contributed by atoms with Crippen LogP contribution >= 0.6 is 11.6 Å². The van der Waals surface area contributed by atoms with Crippen LogP contribution in [0.1, 0.15) is 30.5 Å². The van der Waals surface area contributed by atoms with Crippen LogP contribution in [0.3, 0.4) is 0 Å². The molecule has 1 aliphatic carbocycles. The molecule has 1 heterocycles. The SMILES string of the molecule is CNCc1cc(OCc2cc(Cl)ccc2F)n(CC2CCC2)n1. The lowest BCUT2D eigenvalue weighted by atomic mass is 9.85. The fraction of sp³-hybridized carbons (Fsp3) is 0.471. The zero-order valence-electron chi connectivity index (χ0n) is 13.2. The predicted molar refractivity (Wildman–Crippen MR) is 88.1 cm³/mol. The highest BCUT2D eigenvalue weighted by atomic mass is 35.5. The van der Waals surface area contributed by atoms with Crippen LogP contribution in [0.25, 0.3) is 0 Å². The third-order valence-corrected chi connectivity index (χ3v) is 4.43. The van der Waals surface area contributed by atoms with Crippen LogP contribution in [0, 0.1) is 11.7 Å². The van der Waals surface area contributed by atoms with Crippen molar-refractivity contribution in [3.8, 4) is 5.88 Å². The van der Waals surface area contributed by atoms with Crippen LogP contribution < -0.4 is 10.1 Å². The van der Waals surface area contributed by atoms with Crippen molar-refractivity contribution in [1.29, 1.82) is 0 Å². The van der Waals surface area contributed by atoms with Crippen LogP contribution in [0.4, 0.5) is 4.39 Å².